The van der Waals surface area contributed by atoms with Gasteiger partial charge in [0.2, 0.25) is 0 Å². The highest BCUT2D eigenvalue weighted by molar-refractivity contribution is 9.26. The maximum absolute atomic E-state index is 4.26. The van der Waals surface area contributed by atoms with Crippen molar-refractivity contribution >= 4 is 22.0 Å². The van der Waals surface area contributed by atoms with E-state index >= 15 is 0 Å². The molecule has 0 saturated heterocycles. The lowest BCUT2D eigenvalue weighted by Crippen LogP contribution is -2.52. The Balaban J connectivity index is 2.39. The first-order chi connectivity index (χ1) is 8.31. The van der Waals surface area contributed by atoms with Crippen LogP contribution >= 0.6 is 15.3 Å². The molecule has 100 valence electrons. The molecule has 0 aromatic heterocycles. The van der Waals surface area contributed by atoms with Crippen LogP contribution in [0.15, 0.2) is 30.3 Å². The molecule has 0 aliphatic heterocycles. The third-order valence-electron chi connectivity index (χ3n) is 5.51. The van der Waals surface area contributed by atoms with E-state index < -0.39 is 6.69 Å². The molecule has 1 atom stereocenters. The van der Waals surface area contributed by atoms with E-state index in [-0.39, 0.29) is 5.04 Å². The van der Waals surface area contributed by atoms with Gasteiger partial charge < -0.3 is 0 Å². The fraction of sp³-hybridized carbons (Fsp3) is 0.625. The lowest BCUT2D eigenvalue weighted by molar-refractivity contribution is 0.568. The summed E-state index contributed by atoms with van der Waals surface area (Å²) >= 11 is 4.26. The highest BCUT2D eigenvalue weighted by Crippen LogP contribution is 2.60. The van der Waals surface area contributed by atoms with E-state index in [1.54, 1.807) is 0 Å². The molecule has 1 unspecified atom stereocenters. The predicted octanol–water partition coefficient (Wildman–Crippen LogP) is 5.81. The highest BCUT2D eigenvalue weighted by Gasteiger charge is 2.55. The van der Waals surface area contributed by atoms with E-state index in [0.717, 1.165) is 0 Å². The van der Waals surface area contributed by atoms with Gasteiger partial charge in [-0.25, -0.2) is 0 Å². The molecule has 0 nitrogen and oxygen atoms in total. The molecule has 1 aromatic carbocycles. The van der Waals surface area contributed by atoms with Gasteiger partial charge in [0.1, 0.15) is 6.69 Å². The second kappa shape index (κ2) is 4.79. The molecule has 0 heterocycles. The molecule has 1 saturated carbocycles. The monoisotopic (exact) mass is 324 g/mol. The Bertz CT molecular complexity index is 402. The van der Waals surface area contributed by atoms with Crippen LogP contribution in [-0.4, -0.2) is 6.69 Å². The van der Waals surface area contributed by atoms with Gasteiger partial charge in [0, 0.05) is 0 Å². The normalized spacial score (nSPS) is 22.7. The largest absolute Gasteiger partial charge is 0.143 e. The van der Waals surface area contributed by atoms with Crippen molar-refractivity contribution in [3.8, 4) is 0 Å². The molecule has 1 aromatic rings. The molecule has 1 aliphatic rings. The van der Waals surface area contributed by atoms with Crippen molar-refractivity contribution in [2.75, 3.05) is 0 Å². The van der Waals surface area contributed by atoms with Crippen molar-refractivity contribution in [1.29, 1.82) is 0 Å². The van der Waals surface area contributed by atoms with Crippen molar-refractivity contribution in [2.24, 2.45) is 0 Å². The van der Waals surface area contributed by atoms with Crippen LogP contribution in [0.5, 0.6) is 0 Å². The van der Waals surface area contributed by atoms with E-state index in [9.17, 15) is 0 Å². The Labute approximate surface area is 121 Å². The van der Waals surface area contributed by atoms with E-state index in [2.05, 4.69) is 72.9 Å². The molecule has 1 fully saturated rings. The molecule has 0 N–H and O–H groups in total. The first-order valence-electron chi connectivity index (χ1n) is 7.06. The maximum Gasteiger partial charge on any atom is 0.143 e. The Kier molecular flexibility index (Phi) is 3.81. The summed E-state index contributed by atoms with van der Waals surface area (Å²) < 4.78 is 0. The van der Waals surface area contributed by atoms with Crippen LogP contribution < -0.4 is 0 Å². The second-order valence-electron chi connectivity index (χ2n) is 6.76. The zero-order chi connectivity index (χ0) is 13.4. The summed E-state index contributed by atoms with van der Waals surface area (Å²) in [6, 6.07) is 11.1. The van der Waals surface area contributed by atoms with Crippen molar-refractivity contribution in [2.45, 2.75) is 63.1 Å². The quantitative estimate of drug-likeness (QED) is 0.486. The van der Waals surface area contributed by atoms with Gasteiger partial charge in [0.15, 0.2) is 0 Å². The highest BCUT2D eigenvalue weighted by atomic mass is 79.9. The third kappa shape index (κ3) is 2.12. The van der Waals surface area contributed by atoms with Gasteiger partial charge in [-0.05, 0) is 28.5 Å². The minimum absolute atomic E-state index is 0.271. The zero-order valence-electron chi connectivity index (χ0n) is 12.1. The summed E-state index contributed by atoms with van der Waals surface area (Å²) in [7, 11) is 0. The van der Waals surface area contributed by atoms with E-state index in [1.807, 2.05) is 0 Å². The van der Waals surface area contributed by atoms with Crippen LogP contribution in [0.25, 0.3) is 0 Å². The average Bonchev–Trinajstić information content (AvgIpc) is 2.79. The molecule has 1 aliphatic carbocycles. The van der Waals surface area contributed by atoms with Crippen LogP contribution in [0.3, 0.4) is 0 Å². The summed E-state index contributed by atoms with van der Waals surface area (Å²) in [6.45, 7) is 8.38. The first-order valence-corrected chi connectivity index (χ1v) is 11.8. The van der Waals surface area contributed by atoms with Crippen molar-refractivity contribution < 1.29 is 0 Å². The van der Waals surface area contributed by atoms with Crippen molar-refractivity contribution in [1.82, 2.24) is 0 Å². The fourth-order valence-electron chi connectivity index (χ4n) is 3.51. The summed E-state index contributed by atoms with van der Waals surface area (Å²) in [4.78, 5) is 0. The van der Waals surface area contributed by atoms with Crippen LogP contribution in [0.2, 0.25) is 11.6 Å². The molecule has 0 amide bonds. The molecule has 2 rings (SSSR count). The summed E-state index contributed by atoms with van der Waals surface area (Å²) in [5.41, 5.74) is 1.49. The van der Waals surface area contributed by atoms with Crippen molar-refractivity contribution in [3.63, 3.8) is 0 Å². The minimum Gasteiger partial charge on any atom is -0.125 e. The number of benzene rings is 1. The summed E-state index contributed by atoms with van der Waals surface area (Å²) in [6.07, 6.45) is 5.62. The van der Waals surface area contributed by atoms with Crippen LogP contribution in [0.4, 0.5) is 0 Å². The summed E-state index contributed by atoms with van der Waals surface area (Å²) in [5.74, 6) is 0. The average molecular weight is 325 g/mol. The molecular weight excluding hydrogens is 300 g/mol. The lowest BCUT2D eigenvalue weighted by Gasteiger charge is -2.49. The first kappa shape index (κ1) is 14.3. The van der Waals surface area contributed by atoms with E-state index in [0.29, 0.717) is 5.04 Å². The van der Waals surface area contributed by atoms with Gasteiger partial charge >= 0.3 is 0 Å². The Morgan fingerprint density at radius 2 is 1.61 bits per heavy atom. The molecule has 18 heavy (non-hydrogen) atoms. The molecule has 0 radical (unpaired) electrons. The Morgan fingerprint density at radius 1 is 1.11 bits per heavy atom. The molecule has 2 heteroatoms. The topological polar surface area (TPSA) is 0 Å². The smallest absolute Gasteiger partial charge is 0.125 e. The van der Waals surface area contributed by atoms with Crippen molar-refractivity contribution in [3.05, 3.63) is 35.9 Å². The lowest BCUT2D eigenvalue weighted by atomic mass is 10.0. The SMILES string of the molecule is CC1([Si](C)(Br)C(C)(C)c2ccccc2)CCCC1. The standard InChI is InChI=1S/C16H25BrSi/c1-15(2,14-10-6-5-7-11-14)18(4,17)16(3)12-8-9-13-16/h5-7,10-11H,8-9,12-13H2,1-4H3. The summed E-state index contributed by atoms with van der Waals surface area (Å²) in [5, 5.41) is 0.805. The van der Waals surface area contributed by atoms with Gasteiger partial charge in [-0.1, -0.05) is 70.5 Å². The molecule has 0 spiro atoms. The second-order valence-corrected chi connectivity index (χ2v) is 16.0. The van der Waals surface area contributed by atoms with Gasteiger partial charge in [-0.3, -0.25) is 0 Å². The number of hydrogen-bond acceptors (Lipinski definition) is 0. The number of rotatable bonds is 3. The minimum atomic E-state index is -1.55. The predicted molar refractivity (Wildman–Crippen MR) is 86.8 cm³/mol. The third-order valence-corrected chi connectivity index (χ3v) is 16.8. The van der Waals surface area contributed by atoms with Crippen LogP contribution in [0.1, 0.15) is 52.0 Å². The Hall–Kier alpha value is -0.0831. The van der Waals surface area contributed by atoms with Gasteiger partial charge in [-0.2, -0.15) is 0 Å². The van der Waals surface area contributed by atoms with Crippen LogP contribution in [-0.2, 0) is 5.04 Å². The van der Waals surface area contributed by atoms with Gasteiger partial charge in [-0.15, -0.1) is 15.3 Å². The van der Waals surface area contributed by atoms with Crippen LogP contribution in [0, 0.1) is 0 Å². The van der Waals surface area contributed by atoms with E-state index in [4.69, 9.17) is 0 Å². The maximum atomic E-state index is 4.26. The fourth-order valence-corrected chi connectivity index (χ4v) is 8.89. The van der Waals surface area contributed by atoms with Gasteiger partial charge in [0.25, 0.3) is 0 Å². The number of halogens is 1. The number of hydrogen-bond donors (Lipinski definition) is 0. The zero-order valence-corrected chi connectivity index (χ0v) is 14.7. The van der Waals surface area contributed by atoms with Gasteiger partial charge in [0.05, 0.1) is 0 Å². The van der Waals surface area contributed by atoms with E-state index in [1.165, 1.54) is 31.2 Å². The molecule has 0 bridgehead atoms. The molecular formula is C16H25BrSi. The Morgan fingerprint density at radius 3 is 2.11 bits per heavy atom.